The number of hydrogen-bond donors (Lipinski definition) is 0. The van der Waals surface area contributed by atoms with Gasteiger partial charge in [-0.05, 0) is 35.6 Å². The van der Waals surface area contributed by atoms with Crippen molar-refractivity contribution in [1.29, 1.82) is 0 Å². The molecule has 0 saturated heterocycles. The van der Waals surface area contributed by atoms with Gasteiger partial charge in [-0.3, -0.25) is 0 Å². The summed E-state index contributed by atoms with van der Waals surface area (Å²) in [5.41, 5.74) is 0.284. The van der Waals surface area contributed by atoms with E-state index in [9.17, 15) is 13.2 Å². The minimum atomic E-state index is -4.26. The quantitative estimate of drug-likeness (QED) is 0.655. The highest BCUT2D eigenvalue weighted by atomic mass is 79.9. The van der Waals surface area contributed by atoms with Gasteiger partial charge in [0.25, 0.3) is 0 Å². The normalized spacial score (nSPS) is 13.6. The van der Waals surface area contributed by atoms with Crippen molar-refractivity contribution in [2.24, 2.45) is 0 Å². The van der Waals surface area contributed by atoms with E-state index in [2.05, 4.69) is 15.9 Å². The summed E-state index contributed by atoms with van der Waals surface area (Å²) >= 11 is 5.18. The van der Waals surface area contributed by atoms with Crippen LogP contribution in [0.15, 0.2) is 41.8 Å². The summed E-state index contributed by atoms with van der Waals surface area (Å²) in [6.45, 7) is 0. The molecule has 1 unspecified atom stereocenters. The maximum atomic E-state index is 12.4. The maximum absolute atomic E-state index is 12.4. The molecular formula is C13H10BrF3S. The van der Waals surface area contributed by atoms with Gasteiger partial charge in [-0.2, -0.15) is 13.2 Å². The fraction of sp³-hybridized carbons (Fsp3) is 0.231. The highest BCUT2D eigenvalue weighted by Gasteiger charge is 2.29. The van der Waals surface area contributed by atoms with E-state index in [4.69, 9.17) is 0 Å². The molecule has 5 heteroatoms. The zero-order valence-electron chi connectivity index (χ0n) is 9.25. The summed E-state index contributed by atoms with van der Waals surface area (Å²) in [6.07, 6.45) is -3.58. The monoisotopic (exact) mass is 334 g/mol. The van der Waals surface area contributed by atoms with Crippen molar-refractivity contribution < 1.29 is 13.2 Å². The number of rotatable bonds is 3. The molecule has 0 spiro atoms. The van der Waals surface area contributed by atoms with Gasteiger partial charge in [0.05, 0.1) is 10.4 Å². The molecule has 0 N–H and O–H groups in total. The van der Waals surface area contributed by atoms with Gasteiger partial charge < -0.3 is 0 Å². The van der Waals surface area contributed by atoms with Crippen molar-refractivity contribution in [2.45, 2.75) is 17.4 Å². The molecule has 1 atom stereocenters. The van der Waals surface area contributed by atoms with E-state index >= 15 is 0 Å². The number of halogens is 4. The van der Waals surface area contributed by atoms with E-state index in [1.54, 1.807) is 11.3 Å². The van der Waals surface area contributed by atoms with E-state index in [-0.39, 0.29) is 4.83 Å². The molecule has 0 radical (unpaired) electrons. The minimum absolute atomic E-state index is 0.147. The van der Waals surface area contributed by atoms with Crippen molar-refractivity contribution in [2.75, 3.05) is 0 Å². The second-order valence-corrected chi connectivity index (χ2v) is 5.97. The van der Waals surface area contributed by atoms with Gasteiger partial charge >= 0.3 is 6.18 Å². The summed E-state index contributed by atoms with van der Waals surface area (Å²) in [7, 11) is 0. The Balaban J connectivity index is 2.07. The van der Waals surface area contributed by atoms with Crippen LogP contribution in [0.5, 0.6) is 0 Å². The third-order valence-electron chi connectivity index (χ3n) is 2.55. The van der Waals surface area contributed by atoms with E-state index < -0.39 is 11.7 Å². The Hall–Kier alpha value is -0.810. The van der Waals surface area contributed by atoms with Gasteiger partial charge in [0.1, 0.15) is 0 Å². The first-order valence-electron chi connectivity index (χ1n) is 5.30. The molecule has 1 aromatic heterocycles. The van der Waals surface area contributed by atoms with Crippen LogP contribution in [0.25, 0.3) is 0 Å². The maximum Gasteiger partial charge on any atom is 0.416 e. The van der Waals surface area contributed by atoms with Gasteiger partial charge in [-0.15, -0.1) is 11.3 Å². The van der Waals surface area contributed by atoms with Crippen LogP contribution in [0.2, 0.25) is 0 Å². The molecule has 0 bridgehead atoms. The fourth-order valence-corrected chi connectivity index (χ4v) is 3.16. The van der Waals surface area contributed by atoms with Crippen LogP contribution in [-0.2, 0) is 12.6 Å². The van der Waals surface area contributed by atoms with Crippen LogP contribution < -0.4 is 0 Å². The molecule has 96 valence electrons. The molecule has 1 heterocycles. The zero-order chi connectivity index (χ0) is 13.2. The average Bonchev–Trinajstić information content (AvgIpc) is 2.82. The van der Waals surface area contributed by atoms with Crippen LogP contribution in [0.4, 0.5) is 13.2 Å². The van der Waals surface area contributed by atoms with Crippen LogP contribution in [0, 0.1) is 0 Å². The predicted octanol–water partition coefficient (Wildman–Crippen LogP) is 5.45. The molecule has 0 aliphatic rings. The minimum Gasteiger partial charge on any atom is -0.166 e. The Labute approximate surface area is 116 Å². The van der Waals surface area contributed by atoms with Crippen LogP contribution in [-0.4, -0.2) is 0 Å². The molecule has 0 nitrogen and oxygen atoms in total. The lowest BCUT2D eigenvalue weighted by molar-refractivity contribution is -0.137. The van der Waals surface area contributed by atoms with Gasteiger partial charge in [0, 0.05) is 4.88 Å². The van der Waals surface area contributed by atoms with Crippen molar-refractivity contribution >= 4 is 27.3 Å². The van der Waals surface area contributed by atoms with Crippen molar-refractivity contribution in [3.05, 3.63) is 57.8 Å². The summed E-state index contributed by atoms with van der Waals surface area (Å²) in [6, 6.07) is 9.29. The summed E-state index contributed by atoms with van der Waals surface area (Å²) < 4.78 is 37.2. The SMILES string of the molecule is FC(F)(F)c1ccc(CC(Br)c2cccs2)cc1. The highest BCUT2D eigenvalue weighted by Crippen LogP contribution is 2.32. The van der Waals surface area contributed by atoms with Gasteiger partial charge in [-0.25, -0.2) is 0 Å². The highest BCUT2D eigenvalue weighted by molar-refractivity contribution is 9.09. The Morgan fingerprint density at radius 3 is 2.28 bits per heavy atom. The average molecular weight is 335 g/mol. The van der Waals surface area contributed by atoms with Crippen LogP contribution in [0.3, 0.4) is 0 Å². The van der Waals surface area contributed by atoms with Gasteiger partial charge in [0.15, 0.2) is 0 Å². The molecule has 0 amide bonds. The summed E-state index contributed by atoms with van der Waals surface area (Å²) in [5.74, 6) is 0. The van der Waals surface area contributed by atoms with Crippen LogP contribution >= 0.6 is 27.3 Å². The predicted molar refractivity (Wildman–Crippen MR) is 71.1 cm³/mol. The van der Waals surface area contributed by atoms with Gasteiger partial charge in [-0.1, -0.05) is 34.1 Å². The lowest BCUT2D eigenvalue weighted by Crippen LogP contribution is -2.04. The first-order chi connectivity index (χ1) is 8.47. The Kier molecular flexibility index (Phi) is 4.12. The third-order valence-corrected chi connectivity index (χ3v) is 4.65. The molecule has 0 saturated carbocycles. The van der Waals surface area contributed by atoms with Gasteiger partial charge in [0.2, 0.25) is 0 Å². The number of hydrogen-bond acceptors (Lipinski definition) is 1. The van der Waals surface area contributed by atoms with Crippen molar-refractivity contribution in [3.8, 4) is 0 Å². The standard InChI is InChI=1S/C13H10BrF3S/c14-11(12-2-1-7-18-12)8-9-3-5-10(6-4-9)13(15,16)17/h1-7,11H,8H2. The number of benzene rings is 1. The topological polar surface area (TPSA) is 0 Å². The Bertz CT molecular complexity index is 488. The molecule has 0 aliphatic carbocycles. The largest absolute Gasteiger partial charge is 0.416 e. The Morgan fingerprint density at radius 1 is 1.11 bits per heavy atom. The van der Waals surface area contributed by atoms with Crippen molar-refractivity contribution in [3.63, 3.8) is 0 Å². The number of alkyl halides is 4. The lowest BCUT2D eigenvalue weighted by Gasteiger charge is -2.10. The second-order valence-electron chi connectivity index (χ2n) is 3.88. The molecular weight excluding hydrogens is 325 g/mol. The van der Waals surface area contributed by atoms with E-state index in [1.807, 2.05) is 17.5 Å². The summed E-state index contributed by atoms with van der Waals surface area (Å²) in [5, 5.41) is 1.98. The van der Waals surface area contributed by atoms with Crippen molar-refractivity contribution in [1.82, 2.24) is 0 Å². The first kappa shape index (κ1) is 13.6. The number of thiophene rings is 1. The zero-order valence-corrected chi connectivity index (χ0v) is 11.6. The summed E-state index contributed by atoms with van der Waals surface area (Å²) in [4.78, 5) is 1.32. The molecule has 2 aromatic rings. The molecule has 1 aromatic carbocycles. The fourth-order valence-electron chi connectivity index (χ4n) is 1.61. The molecule has 2 rings (SSSR count). The Morgan fingerprint density at radius 2 is 1.78 bits per heavy atom. The molecule has 0 fully saturated rings. The third kappa shape index (κ3) is 3.36. The molecule has 0 aliphatic heterocycles. The van der Waals surface area contributed by atoms with E-state index in [0.29, 0.717) is 6.42 Å². The molecule has 18 heavy (non-hydrogen) atoms. The van der Waals surface area contributed by atoms with E-state index in [0.717, 1.165) is 17.7 Å². The van der Waals surface area contributed by atoms with Crippen LogP contribution in [0.1, 0.15) is 20.8 Å². The smallest absolute Gasteiger partial charge is 0.166 e. The second kappa shape index (κ2) is 5.45. The lowest BCUT2D eigenvalue weighted by atomic mass is 10.1. The first-order valence-corrected chi connectivity index (χ1v) is 7.10. The van der Waals surface area contributed by atoms with E-state index in [1.165, 1.54) is 17.0 Å².